The van der Waals surface area contributed by atoms with Crippen LogP contribution in [0.3, 0.4) is 0 Å². The zero-order valence-electron chi connectivity index (χ0n) is 11.9. The Morgan fingerprint density at radius 3 is 2.68 bits per heavy atom. The third-order valence-corrected chi connectivity index (χ3v) is 4.13. The first kappa shape index (κ1) is 16.2. The van der Waals surface area contributed by atoms with E-state index in [1.54, 1.807) is 0 Å². The molecule has 1 atom stereocenters. The van der Waals surface area contributed by atoms with Gasteiger partial charge in [-0.3, -0.25) is 4.79 Å². The van der Waals surface area contributed by atoms with Gasteiger partial charge in [-0.05, 0) is 59.3 Å². The van der Waals surface area contributed by atoms with Crippen molar-refractivity contribution in [3.05, 3.63) is 28.2 Å². The normalized spacial score (nSPS) is 12.5. The first-order valence-electron chi connectivity index (χ1n) is 6.69. The van der Waals surface area contributed by atoms with Gasteiger partial charge in [-0.25, -0.2) is 0 Å². The minimum absolute atomic E-state index is 0.0300. The Kier molecular flexibility index (Phi) is 6.52. The summed E-state index contributed by atoms with van der Waals surface area (Å²) in [5, 5.41) is 2.95. The third kappa shape index (κ3) is 5.33. The number of hydrogen-bond donors (Lipinski definition) is 2. The van der Waals surface area contributed by atoms with Crippen molar-refractivity contribution in [3.63, 3.8) is 0 Å². The van der Waals surface area contributed by atoms with Crippen molar-refractivity contribution in [2.75, 3.05) is 11.9 Å². The molecular formula is C15H23BrN2O. The van der Waals surface area contributed by atoms with E-state index in [2.05, 4.69) is 35.1 Å². The monoisotopic (exact) mass is 326 g/mol. The summed E-state index contributed by atoms with van der Waals surface area (Å²) in [6, 6.07) is 5.83. The highest BCUT2D eigenvalue weighted by molar-refractivity contribution is 9.10. The van der Waals surface area contributed by atoms with Gasteiger partial charge < -0.3 is 11.1 Å². The van der Waals surface area contributed by atoms with Gasteiger partial charge in [-0.15, -0.1) is 0 Å². The van der Waals surface area contributed by atoms with Crippen LogP contribution in [0.5, 0.6) is 0 Å². The number of nitrogens with two attached hydrogens (primary N) is 1. The smallest absolute Gasteiger partial charge is 0.224 e. The predicted molar refractivity (Wildman–Crippen MR) is 84.1 cm³/mol. The number of carbonyl (C=O) groups excluding carboxylic acids is 1. The molecule has 0 spiro atoms. The van der Waals surface area contributed by atoms with E-state index in [0.717, 1.165) is 22.1 Å². The second-order valence-corrected chi connectivity index (χ2v) is 6.21. The highest BCUT2D eigenvalue weighted by Gasteiger charge is 2.15. The van der Waals surface area contributed by atoms with Crippen LogP contribution in [0.25, 0.3) is 0 Å². The average molecular weight is 327 g/mol. The maximum Gasteiger partial charge on any atom is 0.224 e. The van der Waals surface area contributed by atoms with Gasteiger partial charge in [0, 0.05) is 10.9 Å². The molecule has 0 unspecified atom stereocenters. The molecule has 0 aromatic heterocycles. The lowest BCUT2D eigenvalue weighted by Crippen LogP contribution is -2.23. The Balaban J connectivity index is 2.62. The standard InChI is InChI=1S/C15H23BrN2O/c1-10(2)7-12(9-17)8-14(19)18-13-6-4-5-11(3)15(13)16/h4-6,10,12H,7-9,17H2,1-3H3,(H,18,19)/t12-/m0/s1. The summed E-state index contributed by atoms with van der Waals surface area (Å²) in [4.78, 5) is 12.0. The molecule has 0 bridgehead atoms. The molecule has 0 radical (unpaired) electrons. The Bertz CT molecular complexity index is 432. The van der Waals surface area contributed by atoms with Crippen LogP contribution in [-0.4, -0.2) is 12.5 Å². The summed E-state index contributed by atoms with van der Waals surface area (Å²) in [6.07, 6.45) is 1.47. The SMILES string of the molecule is Cc1cccc(NC(=O)C[C@@H](CN)CC(C)C)c1Br. The van der Waals surface area contributed by atoms with E-state index in [9.17, 15) is 4.79 Å². The first-order valence-corrected chi connectivity index (χ1v) is 7.48. The fourth-order valence-corrected chi connectivity index (χ4v) is 2.50. The van der Waals surface area contributed by atoms with E-state index in [4.69, 9.17) is 5.73 Å². The number of anilines is 1. The molecule has 19 heavy (non-hydrogen) atoms. The molecule has 0 saturated heterocycles. The summed E-state index contributed by atoms with van der Waals surface area (Å²) in [5.41, 5.74) is 7.66. The average Bonchev–Trinajstić information content (AvgIpc) is 2.33. The molecule has 0 fully saturated rings. The minimum atomic E-state index is 0.0300. The second-order valence-electron chi connectivity index (χ2n) is 5.42. The molecule has 0 aliphatic heterocycles. The predicted octanol–water partition coefficient (Wildman–Crippen LogP) is 3.71. The van der Waals surface area contributed by atoms with Crippen molar-refractivity contribution >= 4 is 27.5 Å². The third-order valence-electron chi connectivity index (χ3n) is 3.08. The molecule has 0 aliphatic carbocycles. The maximum atomic E-state index is 12.0. The van der Waals surface area contributed by atoms with Crippen LogP contribution in [0.4, 0.5) is 5.69 Å². The summed E-state index contributed by atoms with van der Waals surface area (Å²) in [6.45, 7) is 6.86. The Labute approximate surface area is 124 Å². The number of aryl methyl sites for hydroxylation is 1. The van der Waals surface area contributed by atoms with Crippen molar-refractivity contribution in [1.82, 2.24) is 0 Å². The molecule has 3 nitrogen and oxygen atoms in total. The topological polar surface area (TPSA) is 55.1 Å². The van der Waals surface area contributed by atoms with Crippen molar-refractivity contribution in [1.29, 1.82) is 0 Å². The van der Waals surface area contributed by atoms with Crippen molar-refractivity contribution in [2.24, 2.45) is 17.6 Å². The summed E-state index contributed by atoms with van der Waals surface area (Å²) >= 11 is 3.49. The quantitative estimate of drug-likeness (QED) is 0.837. The largest absolute Gasteiger partial charge is 0.330 e. The van der Waals surface area contributed by atoms with Gasteiger partial charge in [0.15, 0.2) is 0 Å². The van der Waals surface area contributed by atoms with E-state index in [1.165, 1.54) is 0 Å². The number of hydrogen-bond acceptors (Lipinski definition) is 2. The minimum Gasteiger partial charge on any atom is -0.330 e. The highest BCUT2D eigenvalue weighted by atomic mass is 79.9. The zero-order chi connectivity index (χ0) is 14.4. The molecule has 1 aromatic rings. The van der Waals surface area contributed by atoms with Gasteiger partial charge >= 0.3 is 0 Å². The van der Waals surface area contributed by atoms with Crippen LogP contribution in [-0.2, 0) is 4.79 Å². The molecule has 106 valence electrons. The Morgan fingerprint density at radius 2 is 2.11 bits per heavy atom. The highest BCUT2D eigenvalue weighted by Crippen LogP contribution is 2.26. The molecular weight excluding hydrogens is 304 g/mol. The Morgan fingerprint density at radius 1 is 1.42 bits per heavy atom. The van der Waals surface area contributed by atoms with Crippen LogP contribution < -0.4 is 11.1 Å². The number of carbonyl (C=O) groups is 1. The number of benzene rings is 1. The molecule has 0 aliphatic rings. The summed E-state index contributed by atoms with van der Waals surface area (Å²) < 4.78 is 0.941. The fourth-order valence-electron chi connectivity index (χ4n) is 2.14. The molecule has 1 amide bonds. The molecule has 3 N–H and O–H groups in total. The van der Waals surface area contributed by atoms with Crippen LogP contribution in [0.1, 0.15) is 32.3 Å². The summed E-state index contributed by atoms with van der Waals surface area (Å²) in [7, 11) is 0. The zero-order valence-corrected chi connectivity index (χ0v) is 13.5. The van der Waals surface area contributed by atoms with Gasteiger partial charge in [-0.2, -0.15) is 0 Å². The lowest BCUT2D eigenvalue weighted by molar-refractivity contribution is -0.117. The van der Waals surface area contributed by atoms with Crippen LogP contribution in [0.2, 0.25) is 0 Å². The van der Waals surface area contributed by atoms with Crippen LogP contribution >= 0.6 is 15.9 Å². The van der Waals surface area contributed by atoms with Crippen molar-refractivity contribution in [3.8, 4) is 0 Å². The van der Waals surface area contributed by atoms with Crippen molar-refractivity contribution in [2.45, 2.75) is 33.6 Å². The van der Waals surface area contributed by atoms with E-state index in [1.807, 2.05) is 25.1 Å². The van der Waals surface area contributed by atoms with E-state index in [-0.39, 0.29) is 11.8 Å². The lowest BCUT2D eigenvalue weighted by atomic mass is 9.94. The number of rotatable bonds is 6. The number of halogens is 1. The molecule has 4 heteroatoms. The molecule has 1 rings (SSSR count). The van der Waals surface area contributed by atoms with Gasteiger partial charge in [0.05, 0.1) is 5.69 Å². The molecule has 0 saturated carbocycles. The van der Waals surface area contributed by atoms with Gasteiger partial charge in [0.2, 0.25) is 5.91 Å². The molecule has 0 heterocycles. The first-order chi connectivity index (χ1) is 8.93. The summed E-state index contributed by atoms with van der Waals surface area (Å²) in [5.74, 6) is 0.845. The van der Waals surface area contributed by atoms with E-state index in [0.29, 0.717) is 18.9 Å². The van der Waals surface area contributed by atoms with E-state index >= 15 is 0 Å². The number of nitrogens with one attached hydrogen (secondary N) is 1. The van der Waals surface area contributed by atoms with Crippen LogP contribution in [0, 0.1) is 18.8 Å². The second kappa shape index (κ2) is 7.65. The van der Waals surface area contributed by atoms with Gasteiger partial charge in [-0.1, -0.05) is 26.0 Å². The maximum absolute atomic E-state index is 12.0. The van der Waals surface area contributed by atoms with Crippen LogP contribution in [0.15, 0.2) is 22.7 Å². The van der Waals surface area contributed by atoms with Crippen molar-refractivity contribution < 1.29 is 4.79 Å². The van der Waals surface area contributed by atoms with Gasteiger partial charge in [0.25, 0.3) is 0 Å². The molecule has 1 aromatic carbocycles. The fraction of sp³-hybridized carbons (Fsp3) is 0.533. The lowest BCUT2D eigenvalue weighted by Gasteiger charge is -2.17. The Hall–Kier alpha value is -0.870. The number of amides is 1. The van der Waals surface area contributed by atoms with E-state index < -0.39 is 0 Å². The van der Waals surface area contributed by atoms with Gasteiger partial charge in [0.1, 0.15) is 0 Å².